The van der Waals surface area contributed by atoms with Gasteiger partial charge >= 0.3 is 0 Å². The van der Waals surface area contributed by atoms with Gasteiger partial charge in [-0.3, -0.25) is 4.79 Å². The molecule has 0 saturated heterocycles. The molecule has 0 aliphatic rings. The fraction of sp³-hybridized carbons (Fsp3) is 0.348. The topological polar surface area (TPSA) is 17.1 Å². The van der Waals surface area contributed by atoms with Crippen LogP contribution in [0.15, 0.2) is 59.5 Å². The maximum Gasteiger partial charge on any atom is 0.185 e. The van der Waals surface area contributed by atoms with Crippen molar-refractivity contribution >= 4 is 35.2 Å². The third-order valence-corrected chi connectivity index (χ3v) is 5.55. The van der Waals surface area contributed by atoms with Crippen LogP contribution in [0.1, 0.15) is 61.4 Å². The molecule has 138 valence electrons. The van der Waals surface area contributed by atoms with Crippen molar-refractivity contribution < 1.29 is 4.79 Å². The second kappa shape index (κ2) is 12.0. The van der Waals surface area contributed by atoms with E-state index in [0.717, 1.165) is 5.56 Å². The summed E-state index contributed by atoms with van der Waals surface area (Å²) < 4.78 is 0. The molecule has 0 spiro atoms. The number of benzene rings is 2. The predicted molar refractivity (Wildman–Crippen MR) is 115 cm³/mol. The van der Waals surface area contributed by atoms with Crippen molar-refractivity contribution in [2.75, 3.05) is 5.75 Å². The van der Waals surface area contributed by atoms with Gasteiger partial charge in [0.15, 0.2) is 5.78 Å². The SMILES string of the molecule is CCCCCCCCSc1ccc(/C=C/C(=O)c2ccc(Cl)cc2)cc1. The first kappa shape index (κ1) is 20.8. The molecule has 0 aromatic heterocycles. The highest BCUT2D eigenvalue weighted by atomic mass is 35.5. The van der Waals surface area contributed by atoms with E-state index in [0.29, 0.717) is 10.6 Å². The van der Waals surface area contributed by atoms with Crippen LogP contribution < -0.4 is 0 Å². The molecular weight excluding hydrogens is 360 g/mol. The van der Waals surface area contributed by atoms with E-state index in [1.807, 2.05) is 17.8 Å². The van der Waals surface area contributed by atoms with Crippen LogP contribution >= 0.6 is 23.4 Å². The van der Waals surface area contributed by atoms with Crippen molar-refractivity contribution in [2.24, 2.45) is 0 Å². The summed E-state index contributed by atoms with van der Waals surface area (Å²) in [5.74, 6) is 1.17. The highest BCUT2D eigenvalue weighted by molar-refractivity contribution is 7.99. The van der Waals surface area contributed by atoms with Crippen LogP contribution in [0.5, 0.6) is 0 Å². The molecule has 0 N–H and O–H groups in total. The molecule has 0 aliphatic heterocycles. The van der Waals surface area contributed by atoms with Gasteiger partial charge in [0.25, 0.3) is 0 Å². The first-order valence-corrected chi connectivity index (χ1v) is 10.8. The minimum Gasteiger partial charge on any atom is -0.289 e. The largest absolute Gasteiger partial charge is 0.289 e. The van der Waals surface area contributed by atoms with E-state index in [-0.39, 0.29) is 5.78 Å². The summed E-state index contributed by atoms with van der Waals surface area (Å²) in [7, 11) is 0. The predicted octanol–water partition coefficient (Wildman–Crippen LogP) is 7.69. The zero-order valence-corrected chi connectivity index (χ0v) is 17.0. The monoisotopic (exact) mass is 386 g/mol. The lowest BCUT2D eigenvalue weighted by atomic mass is 10.1. The second-order valence-electron chi connectivity index (χ2n) is 6.39. The molecule has 2 rings (SSSR count). The lowest BCUT2D eigenvalue weighted by Gasteiger charge is -2.03. The Bertz CT molecular complexity index is 689. The summed E-state index contributed by atoms with van der Waals surface area (Å²) in [4.78, 5) is 13.4. The highest BCUT2D eigenvalue weighted by Crippen LogP contribution is 2.21. The van der Waals surface area contributed by atoms with Gasteiger partial charge in [-0.25, -0.2) is 0 Å². The van der Waals surface area contributed by atoms with Crippen molar-refractivity contribution in [1.29, 1.82) is 0 Å². The molecule has 0 aliphatic carbocycles. The fourth-order valence-electron chi connectivity index (χ4n) is 2.63. The number of rotatable bonds is 11. The number of carbonyl (C=O) groups excluding carboxylic acids is 1. The van der Waals surface area contributed by atoms with Crippen molar-refractivity contribution in [1.82, 2.24) is 0 Å². The number of halogens is 1. The third-order valence-electron chi connectivity index (χ3n) is 4.20. The molecule has 1 nitrogen and oxygen atoms in total. The number of ketones is 1. The standard InChI is InChI=1S/C23H27ClOS/c1-2-3-4-5-6-7-18-26-22-15-8-19(9-16-22)10-17-23(25)20-11-13-21(24)14-12-20/h8-17H,2-7,18H2,1H3/b17-10+. The minimum absolute atomic E-state index is 0.0109. The van der Waals surface area contributed by atoms with E-state index in [1.165, 1.54) is 49.2 Å². The van der Waals surface area contributed by atoms with Crippen molar-refractivity contribution in [2.45, 2.75) is 50.3 Å². The summed E-state index contributed by atoms with van der Waals surface area (Å²) in [5.41, 5.74) is 1.69. The smallest absolute Gasteiger partial charge is 0.185 e. The van der Waals surface area contributed by atoms with Crippen LogP contribution in [0.25, 0.3) is 6.08 Å². The summed E-state index contributed by atoms with van der Waals surface area (Å²) in [6.45, 7) is 2.25. The molecule has 2 aromatic carbocycles. The van der Waals surface area contributed by atoms with E-state index in [9.17, 15) is 4.79 Å². The minimum atomic E-state index is -0.0109. The van der Waals surface area contributed by atoms with Gasteiger partial charge in [-0.2, -0.15) is 0 Å². The van der Waals surface area contributed by atoms with Crippen molar-refractivity contribution in [3.63, 3.8) is 0 Å². The third kappa shape index (κ3) is 7.80. The molecule has 3 heteroatoms. The van der Waals surface area contributed by atoms with E-state index in [1.54, 1.807) is 30.3 Å². The maximum absolute atomic E-state index is 12.1. The summed E-state index contributed by atoms with van der Waals surface area (Å²) in [6, 6.07) is 15.4. The Balaban J connectivity index is 1.74. The molecule has 0 heterocycles. The lowest BCUT2D eigenvalue weighted by Crippen LogP contribution is -1.93. The molecular formula is C23H27ClOS. The average Bonchev–Trinajstić information content (AvgIpc) is 2.67. The van der Waals surface area contributed by atoms with E-state index < -0.39 is 0 Å². The quantitative estimate of drug-likeness (QED) is 0.170. The zero-order chi connectivity index (χ0) is 18.6. The van der Waals surface area contributed by atoms with Crippen molar-refractivity contribution in [3.05, 3.63) is 70.8 Å². The van der Waals surface area contributed by atoms with Gasteiger partial charge in [0.1, 0.15) is 0 Å². The number of hydrogen-bond donors (Lipinski definition) is 0. The van der Waals surface area contributed by atoms with E-state index >= 15 is 0 Å². The Kier molecular flexibility index (Phi) is 9.58. The summed E-state index contributed by atoms with van der Waals surface area (Å²) in [5, 5.41) is 0.638. The number of carbonyl (C=O) groups is 1. The molecule has 0 amide bonds. The van der Waals surface area contributed by atoms with Crippen LogP contribution in [0.2, 0.25) is 5.02 Å². The lowest BCUT2D eigenvalue weighted by molar-refractivity contribution is 0.104. The van der Waals surface area contributed by atoms with Gasteiger partial charge < -0.3 is 0 Å². The summed E-state index contributed by atoms with van der Waals surface area (Å²) >= 11 is 7.76. The maximum atomic E-state index is 12.1. The molecule has 2 aromatic rings. The Morgan fingerprint density at radius 3 is 2.27 bits per heavy atom. The van der Waals surface area contributed by atoms with Gasteiger partial charge in [-0.15, -0.1) is 11.8 Å². The molecule has 0 bridgehead atoms. The number of allylic oxidation sites excluding steroid dienone is 1. The first-order chi connectivity index (χ1) is 12.7. The molecule has 0 fully saturated rings. The van der Waals surface area contributed by atoms with Gasteiger partial charge in [-0.05, 0) is 60.2 Å². The van der Waals surface area contributed by atoms with Gasteiger partial charge in [0, 0.05) is 15.5 Å². The zero-order valence-electron chi connectivity index (χ0n) is 15.4. The Hall–Kier alpha value is -1.51. The second-order valence-corrected chi connectivity index (χ2v) is 7.99. The Morgan fingerprint density at radius 2 is 1.58 bits per heavy atom. The molecule has 0 unspecified atom stereocenters. The van der Waals surface area contributed by atoms with Gasteiger partial charge in [-0.1, -0.05) is 68.8 Å². The molecule has 0 saturated carbocycles. The highest BCUT2D eigenvalue weighted by Gasteiger charge is 2.01. The fourth-order valence-corrected chi connectivity index (χ4v) is 3.67. The van der Waals surface area contributed by atoms with Crippen LogP contribution in [-0.2, 0) is 0 Å². The van der Waals surface area contributed by atoms with E-state index in [2.05, 4.69) is 31.2 Å². The van der Waals surface area contributed by atoms with Crippen LogP contribution in [-0.4, -0.2) is 11.5 Å². The van der Waals surface area contributed by atoms with Crippen LogP contribution in [0.3, 0.4) is 0 Å². The van der Waals surface area contributed by atoms with E-state index in [4.69, 9.17) is 11.6 Å². The van der Waals surface area contributed by atoms with Crippen LogP contribution in [0, 0.1) is 0 Å². The Morgan fingerprint density at radius 1 is 0.923 bits per heavy atom. The van der Waals surface area contributed by atoms with Crippen molar-refractivity contribution in [3.8, 4) is 0 Å². The molecule has 0 atom stereocenters. The number of thioether (sulfide) groups is 1. The van der Waals surface area contributed by atoms with Gasteiger partial charge in [0.05, 0.1) is 0 Å². The molecule has 0 radical (unpaired) electrons. The molecule has 26 heavy (non-hydrogen) atoms. The number of hydrogen-bond acceptors (Lipinski definition) is 2. The normalized spacial score (nSPS) is 11.2. The summed E-state index contributed by atoms with van der Waals surface area (Å²) in [6.07, 6.45) is 11.5. The Labute approximate surface area is 166 Å². The number of unbranched alkanes of at least 4 members (excludes halogenated alkanes) is 5. The van der Waals surface area contributed by atoms with Crippen LogP contribution in [0.4, 0.5) is 0 Å². The van der Waals surface area contributed by atoms with Gasteiger partial charge in [0.2, 0.25) is 0 Å². The average molecular weight is 387 g/mol. The first-order valence-electron chi connectivity index (χ1n) is 9.40.